The molecule has 282 valence electrons. The van der Waals surface area contributed by atoms with Gasteiger partial charge in [0.1, 0.15) is 35.6 Å². The van der Waals surface area contributed by atoms with E-state index in [2.05, 4.69) is 51.7 Å². The molecule has 2 fully saturated rings. The number of methoxy groups -OCH3 is 1. The number of alkyl carbamates (subject to hydrolysis) is 1. The molecular formula is C41H47N7O6. The summed E-state index contributed by atoms with van der Waals surface area (Å²) in [6.07, 6.45) is 4.24. The molecule has 0 aliphatic carbocycles. The van der Waals surface area contributed by atoms with Gasteiger partial charge >= 0.3 is 12.2 Å². The van der Waals surface area contributed by atoms with Crippen LogP contribution in [0, 0.1) is 5.92 Å². The molecule has 1 unspecified atom stereocenters. The second kappa shape index (κ2) is 13.7. The number of rotatable bonds is 6. The number of H-pyrrole nitrogens is 2. The van der Waals surface area contributed by atoms with Crippen molar-refractivity contribution in [3.8, 4) is 28.1 Å². The van der Waals surface area contributed by atoms with Crippen LogP contribution < -0.4 is 10.1 Å². The Morgan fingerprint density at radius 1 is 0.926 bits per heavy atom. The van der Waals surface area contributed by atoms with E-state index in [9.17, 15) is 14.4 Å². The number of nitrogens with one attached hydrogen (secondary N) is 3. The van der Waals surface area contributed by atoms with Crippen LogP contribution in [0.25, 0.3) is 44.2 Å². The lowest BCUT2D eigenvalue weighted by atomic mass is 9.92. The van der Waals surface area contributed by atoms with Crippen molar-refractivity contribution in [2.45, 2.75) is 90.6 Å². The van der Waals surface area contributed by atoms with E-state index in [-0.39, 0.29) is 30.0 Å². The third-order valence-electron chi connectivity index (χ3n) is 10.7. The molecule has 2 saturated heterocycles. The summed E-state index contributed by atoms with van der Waals surface area (Å²) in [5, 5.41) is 4.66. The van der Waals surface area contributed by atoms with Gasteiger partial charge in [-0.2, -0.15) is 0 Å². The second-order valence-electron chi connectivity index (χ2n) is 15.8. The predicted octanol–water partition coefficient (Wildman–Crippen LogP) is 7.78. The Morgan fingerprint density at radius 2 is 1.65 bits per heavy atom. The van der Waals surface area contributed by atoms with Gasteiger partial charge in [-0.05, 0) is 93.3 Å². The number of imidazole rings is 2. The SMILES string of the molecule is COC(=O)N[C@H](C(=O)N1CCC[C@H]1c1nc2c(ccc3c4c(ccc32)-c2ccc(-c3cnc(C5CCCN5C(=O)OC(C)(C)C)[nH]3)cc2CO4)[nH]1)C(C)C. The number of hydrogen-bond donors (Lipinski definition) is 3. The Morgan fingerprint density at radius 3 is 2.39 bits per heavy atom. The van der Waals surface area contributed by atoms with Gasteiger partial charge in [0.15, 0.2) is 0 Å². The maximum Gasteiger partial charge on any atom is 0.410 e. The summed E-state index contributed by atoms with van der Waals surface area (Å²) in [7, 11) is 1.30. The summed E-state index contributed by atoms with van der Waals surface area (Å²) in [5.74, 6) is 2.05. The topological polar surface area (TPSA) is 155 Å². The highest BCUT2D eigenvalue weighted by Crippen LogP contribution is 2.45. The number of benzene rings is 3. The molecule has 0 spiro atoms. The Hall–Kier alpha value is -5.59. The summed E-state index contributed by atoms with van der Waals surface area (Å²) < 4.78 is 16.9. The minimum absolute atomic E-state index is 0.112. The lowest BCUT2D eigenvalue weighted by molar-refractivity contribution is -0.135. The van der Waals surface area contributed by atoms with Crippen LogP contribution in [0.1, 0.15) is 89.6 Å². The molecule has 54 heavy (non-hydrogen) atoms. The first-order valence-corrected chi connectivity index (χ1v) is 18.8. The van der Waals surface area contributed by atoms with Crippen LogP contribution in [0.3, 0.4) is 0 Å². The van der Waals surface area contributed by atoms with Gasteiger partial charge in [0, 0.05) is 29.4 Å². The molecule has 3 aromatic carbocycles. The van der Waals surface area contributed by atoms with E-state index in [1.165, 1.54) is 7.11 Å². The average molecular weight is 734 g/mol. The average Bonchev–Trinajstić information content (AvgIpc) is 3.97. The van der Waals surface area contributed by atoms with E-state index >= 15 is 0 Å². The number of likely N-dealkylation sites (tertiary alicyclic amines) is 2. The molecule has 3 atom stereocenters. The molecule has 2 aromatic heterocycles. The normalized spacial score (nSPS) is 18.8. The van der Waals surface area contributed by atoms with E-state index < -0.39 is 17.7 Å². The third kappa shape index (κ3) is 6.39. The fourth-order valence-corrected chi connectivity index (χ4v) is 8.12. The van der Waals surface area contributed by atoms with Crippen molar-refractivity contribution < 1.29 is 28.6 Å². The number of fused-ring (bicyclic) bond motifs is 7. The summed E-state index contributed by atoms with van der Waals surface area (Å²) in [6.45, 7) is 11.1. The monoisotopic (exact) mass is 733 g/mol. The molecule has 13 nitrogen and oxygen atoms in total. The maximum absolute atomic E-state index is 13.7. The van der Waals surface area contributed by atoms with Crippen molar-refractivity contribution in [1.82, 2.24) is 35.1 Å². The van der Waals surface area contributed by atoms with E-state index in [1.54, 1.807) is 4.90 Å². The van der Waals surface area contributed by atoms with Crippen LogP contribution in [0.2, 0.25) is 0 Å². The van der Waals surface area contributed by atoms with Gasteiger partial charge in [-0.15, -0.1) is 0 Å². The molecule has 13 heteroatoms. The fourth-order valence-electron chi connectivity index (χ4n) is 8.12. The highest BCUT2D eigenvalue weighted by molar-refractivity contribution is 6.09. The largest absolute Gasteiger partial charge is 0.488 e. The van der Waals surface area contributed by atoms with Gasteiger partial charge in [-0.3, -0.25) is 9.69 Å². The number of aromatic amines is 2. The molecular weight excluding hydrogens is 686 g/mol. The first-order valence-electron chi connectivity index (χ1n) is 18.8. The molecule has 3 aliphatic heterocycles. The van der Waals surface area contributed by atoms with Crippen molar-refractivity contribution in [2.75, 3.05) is 20.2 Å². The number of ether oxygens (including phenoxy) is 3. The molecule has 3 N–H and O–H groups in total. The number of nitrogens with zero attached hydrogens (tertiary/aromatic N) is 4. The van der Waals surface area contributed by atoms with Crippen molar-refractivity contribution in [1.29, 1.82) is 0 Å². The van der Waals surface area contributed by atoms with E-state index in [0.717, 1.165) is 92.8 Å². The predicted molar refractivity (Wildman–Crippen MR) is 204 cm³/mol. The van der Waals surface area contributed by atoms with Crippen molar-refractivity contribution in [2.24, 2.45) is 5.92 Å². The van der Waals surface area contributed by atoms with Gasteiger partial charge in [-0.25, -0.2) is 19.6 Å². The molecule has 3 amide bonds. The first-order chi connectivity index (χ1) is 25.9. The molecule has 0 bridgehead atoms. The number of carbonyl (C=O) groups is 3. The lowest BCUT2D eigenvalue weighted by Crippen LogP contribution is -2.51. The van der Waals surface area contributed by atoms with E-state index in [4.69, 9.17) is 24.2 Å². The lowest BCUT2D eigenvalue weighted by Gasteiger charge is -2.29. The number of amides is 3. The molecule has 5 heterocycles. The molecule has 3 aliphatic rings. The van der Waals surface area contributed by atoms with Crippen LogP contribution in [-0.4, -0.2) is 79.7 Å². The Balaban J connectivity index is 1.05. The molecule has 0 saturated carbocycles. The Bertz CT molecular complexity index is 2270. The number of hydrogen-bond acceptors (Lipinski definition) is 8. The number of carbonyl (C=O) groups excluding carboxylic acids is 3. The Labute approximate surface area is 313 Å². The van der Waals surface area contributed by atoms with E-state index in [1.807, 2.05) is 51.8 Å². The van der Waals surface area contributed by atoms with Crippen molar-refractivity contribution >= 4 is 39.9 Å². The van der Waals surface area contributed by atoms with Gasteiger partial charge in [0.25, 0.3) is 0 Å². The van der Waals surface area contributed by atoms with Crippen LogP contribution in [0.15, 0.2) is 48.7 Å². The Kier molecular flexibility index (Phi) is 8.98. The summed E-state index contributed by atoms with van der Waals surface area (Å²) in [6, 6.07) is 13.6. The number of aromatic nitrogens is 4. The maximum atomic E-state index is 13.7. The summed E-state index contributed by atoms with van der Waals surface area (Å²) in [4.78, 5) is 59.0. The van der Waals surface area contributed by atoms with Crippen molar-refractivity contribution in [3.05, 3.63) is 65.9 Å². The fraction of sp³-hybridized carbons (Fsp3) is 0.439. The smallest absolute Gasteiger partial charge is 0.410 e. The van der Waals surface area contributed by atoms with E-state index in [0.29, 0.717) is 19.7 Å². The van der Waals surface area contributed by atoms with Gasteiger partial charge in [-0.1, -0.05) is 32.0 Å². The highest BCUT2D eigenvalue weighted by Gasteiger charge is 2.38. The minimum atomic E-state index is -0.698. The third-order valence-corrected chi connectivity index (χ3v) is 10.7. The zero-order chi connectivity index (χ0) is 37.9. The summed E-state index contributed by atoms with van der Waals surface area (Å²) >= 11 is 0. The minimum Gasteiger partial charge on any atom is -0.488 e. The van der Waals surface area contributed by atoms with Crippen LogP contribution >= 0.6 is 0 Å². The van der Waals surface area contributed by atoms with Crippen LogP contribution in [0.5, 0.6) is 5.75 Å². The van der Waals surface area contributed by atoms with Gasteiger partial charge in [0.2, 0.25) is 5.91 Å². The first kappa shape index (κ1) is 35.4. The zero-order valence-corrected chi connectivity index (χ0v) is 31.6. The van der Waals surface area contributed by atoms with Gasteiger partial charge in [0.05, 0.1) is 42.1 Å². The molecule has 5 aromatic rings. The standard InChI is InChI=1S/C41H47N7O6/c1-22(2)33(46-39(50)52-6)38(49)47-17-7-10-32(47)37-43-29-16-15-28-26(34(29)45-37)13-14-27-25-12-11-23(19-24(25)21-53-35(27)28)30-20-42-36(44-30)31-9-8-18-48(31)40(51)54-41(3,4)5/h11-16,19-20,22,31-33H,7-10,17-18,21H2,1-6H3,(H,42,44)(H,43,45)(H,46,50)/t31?,32-,33-/m0/s1. The highest BCUT2D eigenvalue weighted by atomic mass is 16.6. The molecule has 8 rings (SSSR count). The van der Waals surface area contributed by atoms with Crippen LogP contribution in [0.4, 0.5) is 9.59 Å². The summed E-state index contributed by atoms with van der Waals surface area (Å²) in [5.41, 5.74) is 6.22. The van der Waals surface area contributed by atoms with Gasteiger partial charge < -0.3 is 34.4 Å². The molecule has 0 radical (unpaired) electrons. The van der Waals surface area contributed by atoms with Crippen molar-refractivity contribution in [3.63, 3.8) is 0 Å². The zero-order valence-electron chi connectivity index (χ0n) is 31.6. The second-order valence-corrected chi connectivity index (χ2v) is 15.8. The quantitative estimate of drug-likeness (QED) is 0.160. The van der Waals surface area contributed by atoms with Crippen LogP contribution in [-0.2, 0) is 20.9 Å².